The molecule has 1 aliphatic rings. The molecule has 5 aromatic rings. The quantitative estimate of drug-likeness (QED) is 0.275. The van der Waals surface area contributed by atoms with Gasteiger partial charge in [-0.3, -0.25) is 4.98 Å². The highest BCUT2D eigenvalue weighted by molar-refractivity contribution is 7.16. The molecule has 0 bridgehead atoms. The standard InChI is InChI=1S/C28H26FN5S/c1-34-12-9-18(10-13-34)22-5-2-20(15-24(22)29)32-19-3-6-25-23(14-19)26(8-11-30-25)33-21-4-7-28-27(16-21)31-17-35-28/h2-8,11,14-18,32H,9-10,12-13H2,1H3,(H,30,33). The summed E-state index contributed by atoms with van der Waals surface area (Å²) in [4.78, 5) is 11.2. The first-order valence-corrected chi connectivity index (χ1v) is 12.7. The van der Waals surface area contributed by atoms with Gasteiger partial charge in [0.05, 0.1) is 21.2 Å². The van der Waals surface area contributed by atoms with E-state index in [0.717, 1.165) is 75.4 Å². The number of aromatic nitrogens is 2. The number of anilines is 4. The predicted octanol–water partition coefficient (Wildman–Crippen LogP) is 7.28. The highest BCUT2D eigenvalue weighted by Gasteiger charge is 2.21. The minimum Gasteiger partial charge on any atom is -0.355 e. The molecule has 0 spiro atoms. The molecule has 3 heterocycles. The number of nitrogens with zero attached hydrogens (tertiary/aromatic N) is 3. The Morgan fingerprint density at radius 2 is 1.63 bits per heavy atom. The van der Waals surface area contributed by atoms with E-state index in [0.29, 0.717) is 5.92 Å². The number of hydrogen-bond acceptors (Lipinski definition) is 6. The zero-order chi connectivity index (χ0) is 23.8. The zero-order valence-corrected chi connectivity index (χ0v) is 20.3. The summed E-state index contributed by atoms with van der Waals surface area (Å²) in [5.41, 5.74) is 8.11. The summed E-state index contributed by atoms with van der Waals surface area (Å²) in [7, 11) is 2.12. The number of pyridine rings is 1. The lowest BCUT2D eigenvalue weighted by Crippen LogP contribution is -2.29. The summed E-state index contributed by atoms with van der Waals surface area (Å²) < 4.78 is 16.2. The fourth-order valence-corrected chi connectivity index (χ4v) is 5.51. The number of rotatable bonds is 5. The van der Waals surface area contributed by atoms with E-state index in [9.17, 15) is 0 Å². The number of likely N-dealkylation sites (tertiary alicyclic amines) is 1. The molecule has 1 saturated heterocycles. The smallest absolute Gasteiger partial charge is 0.128 e. The molecular weight excluding hydrogens is 457 g/mol. The Labute approximate surface area is 207 Å². The summed E-state index contributed by atoms with van der Waals surface area (Å²) >= 11 is 1.63. The van der Waals surface area contributed by atoms with E-state index in [4.69, 9.17) is 0 Å². The summed E-state index contributed by atoms with van der Waals surface area (Å²) in [6.07, 6.45) is 3.81. The monoisotopic (exact) mass is 483 g/mol. The zero-order valence-electron chi connectivity index (χ0n) is 19.5. The number of benzene rings is 3. The van der Waals surface area contributed by atoms with Gasteiger partial charge in [-0.2, -0.15) is 0 Å². The second kappa shape index (κ2) is 9.24. The summed E-state index contributed by atoms with van der Waals surface area (Å²) in [6.45, 7) is 2.03. The van der Waals surface area contributed by atoms with Crippen molar-refractivity contribution in [1.82, 2.24) is 14.9 Å². The number of fused-ring (bicyclic) bond motifs is 2. The molecule has 7 heteroatoms. The lowest BCUT2D eigenvalue weighted by molar-refractivity contribution is 0.253. The highest BCUT2D eigenvalue weighted by atomic mass is 32.1. The first-order chi connectivity index (χ1) is 17.1. The van der Waals surface area contributed by atoms with Gasteiger partial charge in [0, 0.05) is 34.3 Å². The molecule has 0 radical (unpaired) electrons. The molecule has 6 rings (SSSR count). The molecule has 2 aromatic heterocycles. The molecule has 0 atom stereocenters. The average molecular weight is 484 g/mol. The van der Waals surface area contributed by atoms with Crippen molar-refractivity contribution in [2.45, 2.75) is 18.8 Å². The lowest BCUT2D eigenvalue weighted by Gasteiger charge is -2.29. The normalized spacial score (nSPS) is 15.0. The van der Waals surface area contributed by atoms with Crippen molar-refractivity contribution in [2.24, 2.45) is 0 Å². The lowest BCUT2D eigenvalue weighted by atomic mass is 9.89. The number of thiazole rings is 1. The van der Waals surface area contributed by atoms with Crippen LogP contribution in [0.3, 0.4) is 0 Å². The summed E-state index contributed by atoms with van der Waals surface area (Å²) in [6, 6.07) is 19.7. The fourth-order valence-electron chi connectivity index (χ4n) is 4.85. The Hall–Kier alpha value is -3.55. The molecular formula is C28H26FN5S. The largest absolute Gasteiger partial charge is 0.355 e. The van der Waals surface area contributed by atoms with Gasteiger partial charge < -0.3 is 15.5 Å². The first kappa shape index (κ1) is 21.9. The molecule has 1 fully saturated rings. The predicted molar refractivity (Wildman–Crippen MR) is 144 cm³/mol. The molecule has 3 aromatic carbocycles. The van der Waals surface area contributed by atoms with Crippen molar-refractivity contribution in [2.75, 3.05) is 30.8 Å². The van der Waals surface area contributed by atoms with Crippen molar-refractivity contribution in [1.29, 1.82) is 0 Å². The second-order valence-electron chi connectivity index (χ2n) is 9.19. The summed E-state index contributed by atoms with van der Waals surface area (Å²) in [5, 5.41) is 7.87. The van der Waals surface area contributed by atoms with Gasteiger partial charge in [0.15, 0.2) is 0 Å². The van der Waals surface area contributed by atoms with Crippen molar-refractivity contribution in [3.05, 3.63) is 83.8 Å². The second-order valence-corrected chi connectivity index (χ2v) is 10.1. The molecule has 2 N–H and O–H groups in total. The Balaban J connectivity index is 1.25. The van der Waals surface area contributed by atoms with Gasteiger partial charge in [-0.25, -0.2) is 9.37 Å². The molecule has 176 valence electrons. The van der Waals surface area contributed by atoms with Crippen LogP contribution in [0, 0.1) is 5.82 Å². The van der Waals surface area contributed by atoms with Crippen LogP contribution in [0.4, 0.5) is 27.1 Å². The van der Waals surface area contributed by atoms with Crippen molar-refractivity contribution >= 4 is 55.2 Å². The maximum Gasteiger partial charge on any atom is 0.128 e. The van der Waals surface area contributed by atoms with Crippen LogP contribution in [-0.4, -0.2) is 35.0 Å². The van der Waals surface area contributed by atoms with E-state index < -0.39 is 0 Å². The number of piperidine rings is 1. The number of hydrogen-bond donors (Lipinski definition) is 2. The molecule has 1 aliphatic heterocycles. The topological polar surface area (TPSA) is 53.1 Å². The van der Waals surface area contributed by atoms with E-state index in [2.05, 4.69) is 56.8 Å². The van der Waals surface area contributed by atoms with Crippen LogP contribution in [0.1, 0.15) is 24.3 Å². The molecule has 35 heavy (non-hydrogen) atoms. The SMILES string of the molecule is CN1CCC(c2ccc(Nc3ccc4nccc(Nc5ccc6scnc6c5)c4c3)cc2F)CC1. The minimum absolute atomic E-state index is 0.133. The molecule has 5 nitrogen and oxygen atoms in total. The third-order valence-electron chi connectivity index (χ3n) is 6.80. The van der Waals surface area contributed by atoms with E-state index >= 15 is 4.39 Å². The van der Waals surface area contributed by atoms with E-state index in [1.807, 2.05) is 35.8 Å². The van der Waals surface area contributed by atoms with Crippen LogP contribution in [0.5, 0.6) is 0 Å². The van der Waals surface area contributed by atoms with Crippen LogP contribution in [0.2, 0.25) is 0 Å². The Bertz CT molecular complexity index is 1510. The van der Waals surface area contributed by atoms with E-state index in [-0.39, 0.29) is 5.82 Å². The van der Waals surface area contributed by atoms with Gasteiger partial charge in [0.1, 0.15) is 5.82 Å². The maximum absolute atomic E-state index is 15.0. The van der Waals surface area contributed by atoms with Crippen molar-refractivity contribution < 1.29 is 4.39 Å². The Kier molecular flexibility index (Phi) is 5.80. The molecule has 0 aliphatic carbocycles. The van der Waals surface area contributed by atoms with Gasteiger partial charge in [0.2, 0.25) is 0 Å². The summed E-state index contributed by atoms with van der Waals surface area (Å²) in [5.74, 6) is 0.163. The van der Waals surface area contributed by atoms with Gasteiger partial charge in [-0.05, 0) is 99.1 Å². The average Bonchev–Trinajstić information content (AvgIpc) is 3.33. The highest BCUT2D eigenvalue weighted by Crippen LogP contribution is 2.33. The van der Waals surface area contributed by atoms with Gasteiger partial charge in [-0.1, -0.05) is 6.07 Å². The van der Waals surface area contributed by atoms with Crippen LogP contribution in [-0.2, 0) is 0 Å². The van der Waals surface area contributed by atoms with Gasteiger partial charge in [0.25, 0.3) is 0 Å². The van der Waals surface area contributed by atoms with Crippen LogP contribution in [0.25, 0.3) is 21.1 Å². The Morgan fingerprint density at radius 3 is 2.49 bits per heavy atom. The van der Waals surface area contributed by atoms with Gasteiger partial charge >= 0.3 is 0 Å². The maximum atomic E-state index is 15.0. The van der Waals surface area contributed by atoms with Crippen molar-refractivity contribution in [3.8, 4) is 0 Å². The number of halogens is 1. The molecule has 0 unspecified atom stereocenters. The van der Waals surface area contributed by atoms with Crippen LogP contribution < -0.4 is 10.6 Å². The molecule has 0 saturated carbocycles. The minimum atomic E-state index is -0.133. The van der Waals surface area contributed by atoms with E-state index in [1.54, 1.807) is 23.6 Å². The van der Waals surface area contributed by atoms with Crippen molar-refractivity contribution in [3.63, 3.8) is 0 Å². The fraction of sp³-hybridized carbons (Fsp3) is 0.214. The first-order valence-electron chi connectivity index (χ1n) is 11.9. The van der Waals surface area contributed by atoms with Gasteiger partial charge in [-0.15, -0.1) is 11.3 Å². The number of nitrogens with one attached hydrogen (secondary N) is 2. The third-order valence-corrected chi connectivity index (χ3v) is 7.61. The molecule has 0 amide bonds. The van der Waals surface area contributed by atoms with E-state index in [1.165, 1.54) is 0 Å². The van der Waals surface area contributed by atoms with Crippen LogP contribution in [0.15, 0.2) is 72.4 Å². The van der Waals surface area contributed by atoms with Crippen LogP contribution >= 0.6 is 11.3 Å². The third kappa shape index (κ3) is 4.57. The Morgan fingerprint density at radius 1 is 0.857 bits per heavy atom.